The number of nitrogens with one attached hydrogen (secondary N) is 1. The second kappa shape index (κ2) is 6.57. The summed E-state index contributed by atoms with van der Waals surface area (Å²) in [6.07, 6.45) is 0. The van der Waals surface area contributed by atoms with Crippen LogP contribution in [0.3, 0.4) is 0 Å². The van der Waals surface area contributed by atoms with Gasteiger partial charge in [0.1, 0.15) is 5.82 Å². The molecule has 0 saturated heterocycles. The Bertz CT molecular complexity index is 988. The molecule has 26 heavy (non-hydrogen) atoms. The third kappa shape index (κ3) is 2.78. The summed E-state index contributed by atoms with van der Waals surface area (Å²) in [5.41, 5.74) is 2.34. The summed E-state index contributed by atoms with van der Waals surface area (Å²) in [5.74, 6) is -1.35. The van der Waals surface area contributed by atoms with Gasteiger partial charge in [-0.2, -0.15) is 5.10 Å². The molecular formula is C19H15F2N3OS. The monoisotopic (exact) mass is 371 g/mol. The van der Waals surface area contributed by atoms with Crippen molar-refractivity contribution in [3.8, 4) is 5.69 Å². The summed E-state index contributed by atoms with van der Waals surface area (Å²) in [4.78, 5) is 12.2. The van der Waals surface area contributed by atoms with E-state index in [0.29, 0.717) is 17.1 Å². The van der Waals surface area contributed by atoms with Crippen LogP contribution in [0.1, 0.15) is 22.1 Å². The molecule has 0 bridgehead atoms. The molecule has 132 valence electrons. The molecule has 4 nitrogen and oxygen atoms in total. The smallest absolute Gasteiger partial charge is 0.235 e. The first-order valence-electron chi connectivity index (χ1n) is 8.06. The molecule has 0 aliphatic carbocycles. The van der Waals surface area contributed by atoms with Crippen molar-refractivity contribution in [1.29, 1.82) is 0 Å². The van der Waals surface area contributed by atoms with E-state index < -0.39 is 16.9 Å². The van der Waals surface area contributed by atoms with Gasteiger partial charge < -0.3 is 5.32 Å². The van der Waals surface area contributed by atoms with E-state index >= 15 is 0 Å². The number of hydrogen-bond acceptors (Lipinski definition) is 3. The van der Waals surface area contributed by atoms with Crippen molar-refractivity contribution in [3.05, 3.63) is 77.0 Å². The van der Waals surface area contributed by atoms with Crippen LogP contribution in [0.25, 0.3) is 5.69 Å². The van der Waals surface area contributed by atoms with Crippen molar-refractivity contribution in [1.82, 2.24) is 9.78 Å². The predicted octanol–water partition coefficient (Wildman–Crippen LogP) is 4.23. The molecule has 3 aromatic rings. The van der Waals surface area contributed by atoms with E-state index in [9.17, 15) is 13.6 Å². The Morgan fingerprint density at radius 2 is 1.92 bits per heavy atom. The van der Waals surface area contributed by atoms with Crippen LogP contribution in [0.5, 0.6) is 0 Å². The third-order valence-corrected chi connectivity index (χ3v) is 5.52. The highest BCUT2D eigenvalue weighted by Crippen LogP contribution is 2.44. The third-order valence-electron chi connectivity index (χ3n) is 4.27. The maximum Gasteiger partial charge on any atom is 0.235 e. The Morgan fingerprint density at radius 3 is 2.69 bits per heavy atom. The number of aromatic nitrogens is 2. The highest BCUT2D eigenvalue weighted by atomic mass is 32.2. The van der Waals surface area contributed by atoms with Crippen molar-refractivity contribution in [2.24, 2.45) is 0 Å². The Balaban J connectivity index is 1.93. The number of anilines is 1. The van der Waals surface area contributed by atoms with Gasteiger partial charge >= 0.3 is 0 Å². The van der Waals surface area contributed by atoms with Gasteiger partial charge in [-0.05, 0) is 25.1 Å². The summed E-state index contributed by atoms with van der Waals surface area (Å²) >= 11 is 1.26. The average molecular weight is 371 g/mol. The number of halogens is 2. The molecule has 1 atom stereocenters. The fourth-order valence-electron chi connectivity index (χ4n) is 3.11. The average Bonchev–Trinajstić information content (AvgIpc) is 2.85. The molecule has 0 radical (unpaired) electrons. The zero-order chi connectivity index (χ0) is 18.3. The lowest BCUT2D eigenvalue weighted by molar-refractivity contribution is -0.113. The van der Waals surface area contributed by atoms with Crippen LogP contribution in [-0.2, 0) is 4.79 Å². The minimum atomic E-state index is -0.902. The van der Waals surface area contributed by atoms with E-state index in [-0.39, 0.29) is 17.2 Å². The summed E-state index contributed by atoms with van der Waals surface area (Å²) < 4.78 is 29.9. The SMILES string of the molecule is Cc1nn(-c2ccccc2)c2c1[C@H](c1cccc(F)c1F)SCC(=O)N2. The Morgan fingerprint density at radius 1 is 1.15 bits per heavy atom. The van der Waals surface area contributed by atoms with E-state index in [0.717, 1.165) is 11.8 Å². The number of para-hydroxylation sites is 1. The molecular weight excluding hydrogens is 356 g/mol. The molecule has 1 aliphatic heterocycles. The van der Waals surface area contributed by atoms with Gasteiger partial charge in [-0.1, -0.05) is 30.3 Å². The largest absolute Gasteiger partial charge is 0.310 e. The number of hydrogen-bond donors (Lipinski definition) is 1. The molecule has 0 fully saturated rings. The van der Waals surface area contributed by atoms with E-state index in [1.165, 1.54) is 17.8 Å². The van der Waals surface area contributed by atoms with E-state index in [4.69, 9.17) is 0 Å². The molecule has 0 saturated carbocycles. The Labute approximate surface area is 153 Å². The van der Waals surface area contributed by atoms with Crippen LogP contribution >= 0.6 is 11.8 Å². The molecule has 1 aromatic heterocycles. The van der Waals surface area contributed by atoms with Gasteiger partial charge in [-0.25, -0.2) is 13.5 Å². The van der Waals surface area contributed by atoms with Crippen LogP contribution in [0.2, 0.25) is 0 Å². The number of amides is 1. The second-order valence-electron chi connectivity index (χ2n) is 5.98. The van der Waals surface area contributed by atoms with Crippen molar-refractivity contribution in [2.45, 2.75) is 12.2 Å². The standard InChI is InChI=1S/C19H15F2N3OS/c1-11-16-18(13-8-5-9-14(20)17(13)21)26-10-15(25)22-19(16)24(23-11)12-6-3-2-4-7-12/h2-9,18H,10H2,1H3,(H,22,25)/t18-/m0/s1. The van der Waals surface area contributed by atoms with Crippen LogP contribution in [-0.4, -0.2) is 21.4 Å². The fourth-order valence-corrected chi connectivity index (χ4v) is 4.31. The van der Waals surface area contributed by atoms with Gasteiger partial charge in [0, 0.05) is 11.1 Å². The van der Waals surface area contributed by atoms with Crippen LogP contribution in [0.4, 0.5) is 14.6 Å². The topological polar surface area (TPSA) is 46.9 Å². The quantitative estimate of drug-likeness (QED) is 0.733. The summed E-state index contributed by atoms with van der Waals surface area (Å²) in [6, 6.07) is 13.5. The number of carbonyl (C=O) groups is 1. The fraction of sp³-hybridized carbons (Fsp3) is 0.158. The second-order valence-corrected chi connectivity index (χ2v) is 7.07. The van der Waals surface area contributed by atoms with Crippen molar-refractivity contribution in [3.63, 3.8) is 0 Å². The van der Waals surface area contributed by atoms with E-state index in [2.05, 4.69) is 10.4 Å². The molecule has 7 heteroatoms. The van der Waals surface area contributed by atoms with Crippen molar-refractivity contribution < 1.29 is 13.6 Å². The van der Waals surface area contributed by atoms with E-state index in [1.807, 2.05) is 30.3 Å². The number of benzene rings is 2. The molecule has 2 aromatic carbocycles. The number of thioether (sulfide) groups is 1. The number of aryl methyl sites for hydroxylation is 1. The van der Waals surface area contributed by atoms with Crippen LogP contribution in [0, 0.1) is 18.6 Å². The Kier molecular flexibility index (Phi) is 4.24. The first kappa shape index (κ1) is 16.8. The van der Waals surface area contributed by atoms with Crippen LogP contribution < -0.4 is 5.32 Å². The lowest BCUT2D eigenvalue weighted by atomic mass is 10.0. The summed E-state index contributed by atoms with van der Waals surface area (Å²) in [6.45, 7) is 1.81. The summed E-state index contributed by atoms with van der Waals surface area (Å²) in [5, 5.41) is 6.88. The van der Waals surface area contributed by atoms with Gasteiger partial charge in [0.15, 0.2) is 11.6 Å². The Hall–Kier alpha value is -2.67. The number of fused-ring (bicyclic) bond motifs is 1. The first-order valence-corrected chi connectivity index (χ1v) is 9.11. The lowest BCUT2D eigenvalue weighted by Crippen LogP contribution is -2.15. The van der Waals surface area contributed by atoms with Gasteiger partial charge in [0.05, 0.1) is 22.4 Å². The van der Waals surface area contributed by atoms with Gasteiger partial charge in [0.2, 0.25) is 5.91 Å². The summed E-state index contributed by atoms with van der Waals surface area (Å²) in [7, 11) is 0. The normalized spacial score (nSPS) is 16.7. The number of rotatable bonds is 2. The van der Waals surface area contributed by atoms with Crippen molar-refractivity contribution in [2.75, 3.05) is 11.1 Å². The van der Waals surface area contributed by atoms with E-state index in [1.54, 1.807) is 17.7 Å². The highest BCUT2D eigenvalue weighted by molar-refractivity contribution is 8.00. The minimum absolute atomic E-state index is 0.142. The molecule has 1 N–H and O–H groups in total. The molecule has 2 heterocycles. The van der Waals surface area contributed by atoms with Crippen molar-refractivity contribution >= 4 is 23.5 Å². The minimum Gasteiger partial charge on any atom is -0.310 e. The highest BCUT2D eigenvalue weighted by Gasteiger charge is 2.32. The molecule has 0 spiro atoms. The predicted molar refractivity (Wildman–Crippen MR) is 97.6 cm³/mol. The molecule has 0 unspecified atom stereocenters. The van der Waals surface area contributed by atoms with Gasteiger partial charge in [-0.15, -0.1) is 11.8 Å². The van der Waals surface area contributed by atoms with Crippen LogP contribution in [0.15, 0.2) is 48.5 Å². The molecule has 4 rings (SSSR count). The molecule has 1 aliphatic rings. The maximum absolute atomic E-state index is 14.5. The van der Waals surface area contributed by atoms with Gasteiger partial charge in [0.25, 0.3) is 0 Å². The maximum atomic E-state index is 14.5. The molecule has 1 amide bonds. The number of nitrogens with zero attached hydrogens (tertiary/aromatic N) is 2. The zero-order valence-corrected chi connectivity index (χ0v) is 14.7. The zero-order valence-electron chi connectivity index (χ0n) is 13.9. The van der Waals surface area contributed by atoms with Gasteiger partial charge in [-0.3, -0.25) is 4.79 Å². The number of carbonyl (C=O) groups excluding carboxylic acids is 1. The first-order chi connectivity index (χ1) is 12.6. The lowest BCUT2D eigenvalue weighted by Gasteiger charge is -2.16.